The fourth-order valence-corrected chi connectivity index (χ4v) is 11.3. The SMILES string of the molecule is C=C(C)/C=C\C=C(/C)c1cccc(N(c2ccc(-c3ccc4c(c3)-c3ccccc3C4(c3ccccc3)[C@@H]3C4=CC3C=CC=C4)cc2)c2ccc3c4ccccc4n(-c4ccccc4)c3c2)c1. The Bertz CT molecular complexity index is 3560. The zero-order valence-corrected chi connectivity index (χ0v) is 37.9. The number of benzene rings is 8. The first-order valence-electron chi connectivity index (χ1n) is 23.4. The van der Waals surface area contributed by atoms with E-state index in [2.05, 4.69) is 266 Å². The van der Waals surface area contributed by atoms with Gasteiger partial charge in [-0.2, -0.15) is 0 Å². The molecule has 2 unspecified atom stereocenters. The van der Waals surface area contributed by atoms with E-state index in [4.69, 9.17) is 0 Å². The van der Waals surface area contributed by atoms with Crippen molar-refractivity contribution in [1.82, 2.24) is 4.57 Å². The standard InChI is InChI=1S/C65H50N2/c1-44(2)18-16-19-45(3)47-22-17-27-54(41-47)66(55-37-38-58-57-29-13-15-31-62(57)67(63(58)43-55)52-25-8-5-9-26-52)53-35-32-46(33-36-53)48-34-39-61-59(42-48)56-28-12-14-30-60(56)65(61,51-23-6-4-7-24-51)64-49-20-10-11-21-50(64)40-49/h4-43,49,64H,1H2,2-3H3/b18-16-,45-19+/t49?,64-,65?/m0/s1. The van der Waals surface area contributed by atoms with Crippen LogP contribution in [0.4, 0.5) is 17.1 Å². The molecule has 2 nitrogen and oxygen atoms in total. The summed E-state index contributed by atoms with van der Waals surface area (Å²) >= 11 is 0. The molecule has 320 valence electrons. The van der Waals surface area contributed by atoms with E-state index in [0.29, 0.717) is 11.8 Å². The molecule has 1 aromatic heterocycles. The van der Waals surface area contributed by atoms with E-state index in [1.165, 1.54) is 71.9 Å². The quantitative estimate of drug-likeness (QED) is 0.124. The molecule has 67 heavy (non-hydrogen) atoms. The van der Waals surface area contributed by atoms with Crippen LogP contribution >= 0.6 is 0 Å². The van der Waals surface area contributed by atoms with Crippen molar-refractivity contribution in [1.29, 1.82) is 0 Å². The highest BCUT2D eigenvalue weighted by molar-refractivity contribution is 6.10. The van der Waals surface area contributed by atoms with Gasteiger partial charge >= 0.3 is 0 Å². The molecule has 3 aliphatic carbocycles. The van der Waals surface area contributed by atoms with Crippen LogP contribution in [0.2, 0.25) is 0 Å². The van der Waals surface area contributed by atoms with Crippen molar-refractivity contribution in [2.45, 2.75) is 19.3 Å². The van der Waals surface area contributed by atoms with Gasteiger partial charge in [0.15, 0.2) is 0 Å². The molecule has 0 radical (unpaired) electrons. The Labute approximate surface area is 393 Å². The Kier molecular flexibility index (Phi) is 9.84. The van der Waals surface area contributed by atoms with Gasteiger partial charge in [0.25, 0.3) is 0 Å². The minimum atomic E-state index is -0.305. The van der Waals surface area contributed by atoms with E-state index in [-0.39, 0.29) is 5.41 Å². The molecule has 8 aromatic carbocycles. The maximum atomic E-state index is 4.05. The van der Waals surface area contributed by atoms with Crippen LogP contribution in [-0.2, 0) is 5.41 Å². The molecule has 1 heterocycles. The number of para-hydroxylation sites is 2. The molecule has 0 saturated heterocycles. The summed E-state index contributed by atoms with van der Waals surface area (Å²) in [5.74, 6) is 0.669. The van der Waals surface area contributed by atoms with Crippen molar-refractivity contribution in [3.05, 3.63) is 283 Å². The lowest BCUT2D eigenvalue weighted by Crippen LogP contribution is -2.44. The number of allylic oxidation sites excluding steroid dienone is 11. The van der Waals surface area contributed by atoms with Crippen LogP contribution in [-0.4, -0.2) is 4.57 Å². The maximum Gasteiger partial charge on any atom is 0.0561 e. The third kappa shape index (κ3) is 6.63. The van der Waals surface area contributed by atoms with E-state index >= 15 is 0 Å². The predicted octanol–water partition coefficient (Wildman–Crippen LogP) is 17.1. The van der Waals surface area contributed by atoms with Gasteiger partial charge in [0, 0.05) is 45.4 Å². The van der Waals surface area contributed by atoms with Crippen LogP contribution in [0, 0.1) is 11.8 Å². The molecule has 3 aliphatic rings. The number of rotatable bonds is 10. The zero-order valence-electron chi connectivity index (χ0n) is 37.9. The highest BCUT2D eigenvalue weighted by atomic mass is 15.1. The second-order valence-corrected chi connectivity index (χ2v) is 18.3. The molecule has 12 rings (SSSR count). The van der Waals surface area contributed by atoms with Crippen molar-refractivity contribution >= 4 is 44.4 Å². The summed E-state index contributed by atoms with van der Waals surface area (Å²) in [4.78, 5) is 2.40. The molecule has 0 saturated carbocycles. The smallest absolute Gasteiger partial charge is 0.0561 e. The number of hydrogen-bond acceptors (Lipinski definition) is 1. The monoisotopic (exact) mass is 858 g/mol. The summed E-state index contributed by atoms with van der Waals surface area (Å²) in [5, 5.41) is 2.47. The number of fused-ring (bicyclic) bond motifs is 7. The average Bonchev–Trinajstić information content (AvgIpc) is 3.57. The van der Waals surface area contributed by atoms with Crippen LogP contribution in [0.25, 0.3) is 55.3 Å². The van der Waals surface area contributed by atoms with Gasteiger partial charge in [-0.3, -0.25) is 0 Å². The minimum absolute atomic E-state index is 0.305. The first-order chi connectivity index (χ1) is 33.0. The maximum absolute atomic E-state index is 4.05. The van der Waals surface area contributed by atoms with Crippen molar-refractivity contribution in [3.63, 3.8) is 0 Å². The highest BCUT2D eigenvalue weighted by Gasteiger charge is 2.55. The van der Waals surface area contributed by atoms with Gasteiger partial charge in [-0.1, -0.05) is 194 Å². The number of anilines is 3. The Morgan fingerprint density at radius 1 is 0.582 bits per heavy atom. The first-order valence-corrected chi connectivity index (χ1v) is 23.4. The second kappa shape index (κ2) is 16.3. The van der Waals surface area contributed by atoms with Crippen molar-refractivity contribution in [3.8, 4) is 27.9 Å². The van der Waals surface area contributed by atoms with Gasteiger partial charge in [0.05, 0.1) is 16.4 Å². The summed E-state index contributed by atoms with van der Waals surface area (Å²) in [7, 11) is 0. The minimum Gasteiger partial charge on any atom is -0.310 e. The van der Waals surface area contributed by atoms with Gasteiger partial charge in [-0.15, -0.1) is 0 Å². The predicted molar refractivity (Wildman–Crippen MR) is 284 cm³/mol. The summed E-state index contributed by atoms with van der Waals surface area (Å²) in [6, 6.07) is 72.1. The normalized spacial score (nSPS) is 18.1. The average molecular weight is 859 g/mol. The van der Waals surface area contributed by atoms with Crippen molar-refractivity contribution < 1.29 is 0 Å². The topological polar surface area (TPSA) is 8.17 Å². The largest absolute Gasteiger partial charge is 0.310 e. The van der Waals surface area contributed by atoms with Crippen LogP contribution in [0.5, 0.6) is 0 Å². The van der Waals surface area contributed by atoms with Gasteiger partial charge in [-0.05, 0) is 130 Å². The molecule has 0 amide bonds. The van der Waals surface area contributed by atoms with E-state index in [1.54, 1.807) is 0 Å². The van der Waals surface area contributed by atoms with Crippen LogP contribution in [0.3, 0.4) is 0 Å². The molecule has 2 heteroatoms. The lowest BCUT2D eigenvalue weighted by atomic mass is 9.54. The summed E-state index contributed by atoms with van der Waals surface area (Å²) in [6.45, 7) is 8.25. The first kappa shape index (κ1) is 40.3. The summed E-state index contributed by atoms with van der Waals surface area (Å²) in [6.07, 6.45) is 17.9. The lowest BCUT2D eigenvalue weighted by molar-refractivity contribution is 0.350. The number of aromatic nitrogens is 1. The molecular weight excluding hydrogens is 809 g/mol. The number of hydrogen-bond donors (Lipinski definition) is 0. The third-order valence-corrected chi connectivity index (χ3v) is 14.3. The van der Waals surface area contributed by atoms with Crippen molar-refractivity contribution in [2.24, 2.45) is 11.8 Å². The molecular formula is C65H50N2. The number of nitrogens with zero attached hydrogens (tertiary/aromatic N) is 2. The van der Waals surface area contributed by atoms with Gasteiger partial charge in [-0.25, -0.2) is 0 Å². The molecule has 0 fully saturated rings. The molecule has 9 aromatic rings. The Morgan fingerprint density at radius 3 is 2.12 bits per heavy atom. The Hall–Kier alpha value is -8.20. The fourth-order valence-electron chi connectivity index (χ4n) is 11.3. The summed E-state index contributed by atoms with van der Waals surface area (Å²) < 4.78 is 2.40. The molecule has 0 N–H and O–H groups in total. The lowest BCUT2D eigenvalue weighted by Gasteiger charge is -2.48. The second-order valence-electron chi connectivity index (χ2n) is 18.3. The fraction of sp³-hybridized carbons (Fsp3) is 0.0769. The molecule has 0 aliphatic heterocycles. The van der Waals surface area contributed by atoms with Crippen molar-refractivity contribution in [2.75, 3.05) is 4.90 Å². The third-order valence-electron chi connectivity index (χ3n) is 14.3. The molecule has 3 atom stereocenters. The van der Waals surface area contributed by atoms with E-state index in [1.807, 2.05) is 6.92 Å². The van der Waals surface area contributed by atoms with Gasteiger partial charge < -0.3 is 9.47 Å². The van der Waals surface area contributed by atoms with E-state index in [9.17, 15) is 0 Å². The molecule has 2 bridgehead atoms. The summed E-state index contributed by atoms with van der Waals surface area (Å²) in [5.41, 5.74) is 20.4. The molecule has 0 spiro atoms. The Morgan fingerprint density at radius 2 is 1.28 bits per heavy atom. The van der Waals surface area contributed by atoms with E-state index < -0.39 is 0 Å². The van der Waals surface area contributed by atoms with Crippen LogP contribution in [0.1, 0.15) is 36.1 Å². The van der Waals surface area contributed by atoms with Gasteiger partial charge in [0.2, 0.25) is 0 Å². The van der Waals surface area contributed by atoms with Crippen LogP contribution in [0.15, 0.2) is 260 Å². The Balaban J connectivity index is 0.989. The van der Waals surface area contributed by atoms with Gasteiger partial charge in [0.1, 0.15) is 0 Å². The zero-order chi connectivity index (χ0) is 45.1. The van der Waals surface area contributed by atoms with E-state index in [0.717, 1.165) is 33.8 Å². The van der Waals surface area contributed by atoms with Crippen LogP contribution < -0.4 is 4.90 Å². The highest BCUT2D eigenvalue weighted by Crippen LogP contribution is 2.63.